The molecule has 3 heteroatoms. The Kier molecular flexibility index (Phi) is 5.71. The Morgan fingerprint density at radius 3 is 2.31 bits per heavy atom. The summed E-state index contributed by atoms with van der Waals surface area (Å²) in [6.45, 7) is 6.66. The van der Waals surface area contributed by atoms with Gasteiger partial charge in [-0.15, -0.1) is 0 Å². The number of unbranched alkanes of at least 4 members (excludes halogenated alkanes) is 1. The van der Waals surface area contributed by atoms with Crippen molar-refractivity contribution >= 4 is 5.97 Å². The second kappa shape index (κ2) is 5.97. The van der Waals surface area contributed by atoms with Gasteiger partial charge in [-0.2, -0.15) is 0 Å². The van der Waals surface area contributed by atoms with Gasteiger partial charge in [0.2, 0.25) is 0 Å². The van der Waals surface area contributed by atoms with Crippen LogP contribution < -0.4 is 5.32 Å². The summed E-state index contributed by atoms with van der Waals surface area (Å²) >= 11 is 0. The number of aliphatic carboxylic acids is 1. The van der Waals surface area contributed by atoms with Crippen LogP contribution in [0.5, 0.6) is 0 Å². The van der Waals surface area contributed by atoms with Crippen molar-refractivity contribution in [3.63, 3.8) is 0 Å². The highest BCUT2D eigenvalue weighted by Gasteiger charge is 2.34. The van der Waals surface area contributed by atoms with Crippen LogP contribution in [0.3, 0.4) is 0 Å². The van der Waals surface area contributed by atoms with Crippen LogP contribution in [0.4, 0.5) is 0 Å². The lowest BCUT2D eigenvalue weighted by molar-refractivity contribution is -0.145. The van der Waals surface area contributed by atoms with Crippen molar-refractivity contribution in [2.45, 2.75) is 52.0 Å². The predicted octanol–water partition coefficient (Wildman–Crippen LogP) is 2.02. The third-order valence-electron chi connectivity index (χ3n) is 2.49. The number of likely N-dealkylation sites (N-methyl/N-ethyl adjacent to an activating group) is 1. The summed E-state index contributed by atoms with van der Waals surface area (Å²) in [6.07, 6.45) is 3.38. The first-order valence-corrected chi connectivity index (χ1v) is 5.11. The molecule has 0 amide bonds. The molecule has 2 N–H and O–H groups in total. The van der Waals surface area contributed by atoms with Gasteiger partial charge in [0, 0.05) is 0 Å². The van der Waals surface area contributed by atoms with Gasteiger partial charge in [-0.05, 0) is 19.4 Å². The largest absolute Gasteiger partial charge is 0.480 e. The molecule has 0 heterocycles. The zero-order chi connectivity index (χ0) is 10.3. The minimum absolute atomic E-state index is 0.649. The van der Waals surface area contributed by atoms with E-state index in [1.165, 1.54) is 0 Å². The van der Waals surface area contributed by atoms with Gasteiger partial charge in [0.05, 0.1) is 0 Å². The minimum atomic E-state index is -0.717. The van der Waals surface area contributed by atoms with Crippen molar-refractivity contribution in [1.82, 2.24) is 5.32 Å². The van der Waals surface area contributed by atoms with E-state index in [0.717, 1.165) is 19.3 Å². The van der Waals surface area contributed by atoms with E-state index >= 15 is 0 Å². The topological polar surface area (TPSA) is 49.3 Å². The Morgan fingerprint density at radius 2 is 2.00 bits per heavy atom. The Hall–Kier alpha value is -0.570. The smallest absolute Gasteiger partial charge is 0.323 e. The van der Waals surface area contributed by atoms with Crippen LogP contribution in [0.1, 0.15) is 46.5 Å². The molecule has 0 saturated heterocycles. The van der Waals surface area contributed by atoms with E-state index in [2.05, 4.69) is 12.2 Å². The predicted molar refractivity (Wildman–Crippen MR) is 53.9 cm³/mol. The molecule has 0 fully saturated rings. The first-order chi connectivity index (χ1) is 6.13. The SMILES string of the molecule is CCCCC(CC)(NCC)C(=O)O. The Bertz CT molecular complexity index is 159. The van der Waals surface area contributed by atoms with Crippen LogP contribution in [0.2, 0.25) is 0 Å². The number of hydrogen-bond acceptors (Lipinski definition) is 2. The van der Waals surface area contributed by atoms with E-state index in [-0.39, 0.29) is 0 Å². The summed E-state index contributed by atoms with van der Waals surface area (Å²) in [4.78, 5) is 11.1. The molecule has 13 heavy (non-hydrogen) atoms. The van der Waals surface area contributed by atoms with Crippen molar-refractivity contribution in [3.05, 3.63) is 0 Å². The van der Waals surface area contributed by atoms with Gasteiger partial charge in [-0.3, -0.25) is 4.79 Å². The second-order valence-corrected chi connectivity index (χ2v) is 3.37. The van der Waals surface area contributed by atoms with Gasteiger partial charge in [-0.1, -0.05) is 33.6 Å². The van der Waals surface area contributed by atoms with Gasteiger partial charge in [0.1, 0.15) is 5.54 Å². The summed E-state index contributed by atoms with van der Waals surface area (Å²) in [5, 5.41) is 12.2. The minimum Gasteiger partial charge on any atom is -0.480 e. The van der Waals surface area contributed by atoms with Crippen LogP contribution >= 0.6 is 0 Å². The van der Waals surface area contributed by atoms with E-state index in [4.69, 9.17) is 5.11 Å². The summed E-state index contributed by atoms with van der Waals surface area (Å²) in [6, 6.07) is 0. The van der Waals surface area contributed by atoms with Crippen LogP contribution in [0, 0.1) is 0 Å². The van der Waals surface area contributed by atoms with Crippen molar-refractivity contribution in [2.24, 2.45) is 0 Å². The maximum atomic E-state index is 11.1. The molecular formula is C10H21NO2. The summed E-state index contributed by atoms with van der Waals surface area (Å²) < 4.78 is 0. The molecule has 0 aliphatic rings. The molecule has 0 aliphatic heterocycles. The normalized spacial score (nSPS) is 15.3. The van der Waals surface area contributed by atoms with E-state index in [1.54, 1.807) is 0 Å². The average molecular weight is 187 g/mol. The fraction of sp³-hybridized carbons (Fsp3) is 0.900. The molecular weight excluding hydrogens is 166 g/mol. The fourth-order valence-corrected chi connectivity index (χ4v) is 1.54. The van der Waals surface area contributed by atoms with Crippen molar-refractivity contribution in [2.75, 3.05) is 6.54 Å². The van der Waals surface area contributed by atoms with Crippen molar-refractivity contribution < 1.29 is 9.90 Å². The van der Waals surface area contributed by atoms with E-state index in [1.807, 2.05) is 13.8 Å². The lowest BCUT2D eigenvalue weighted by Crippen LogP contribution is -2.51. The van der Waals surface area contributed by atoms with Gasteiger partial charge in [-0.25, -0.2) is 0 Å². The van der Waals surface area contributed by atoms with Crippen molar-refractivity contribution in [3.8, 4) is 0 Å². The molecule has 0 aliphatic carbocycles. The Labute approximate surface area is 80.5 Å². The van der Waals surface area contributed by atoms with Crippen LogP contribution in [-0.4, -0.2) is 23.2 Å². The number of carboxylic acid groups (broad SMARTS) is 1. The second-order valence-electron chi connectivity index (χ2n) is 3.37. The number of nitrogens with one attached hydrogen (secondary N) is 1. The highest BCUT2D eigenvalue weighted by atomic mass is 16.4. The summed E-state index contributed by atoms with van der Waals surface area (Å²) in [5.41, 5.74) is -0.690. The summed E-state index contributed by atoms with van der Waals surface area (Å²) in [7, 11) is 0. The molecule has 0 aromatic rings. The van der Waals surface area contributed by atoms with Gasteiger partial charge >= 0.3 is 5.97 Å². The highest BCUT2D eigenvalue weighted by Crippen LogP contribution is 2.18. The van der Waals surface area contributed by atoms with E-state index in [0.29, 0.717) is 13.0 Å². The number of carboxylic acids is 1. The molecule has 0 radical (unpaired) electrons. The molecule has 3 nitrogen and oxygen atoms in total. The van der Waals surface area contributed by atoms with Crippen LogP contribution in [0.25, 0.3) is 0 Å². The lowest BCUT2D eigenvalue weighted by Gasteiger charge is -2.28. The fourth-order valence-electron chi connectivity index (χ4n) is 1.54. The number of rotatable bonds is 7. The first kappa shape index (κ1) is 12.4. The molecule has 1 unspecified atom stereocenters. The Morgan fingerprint density at radius 1 is 1.38 bits per heavy atom. The quantitative estimate of drug-likeness (QED) is 0.641. The zero-order valence-electron chi connectivity index (χ0n) is 8.89. The van der Waals surface area contributed by atoms with Crippen LogP contribution in [0.15, 0.2) is 0 Å². The molecule has 1 atom stereocenters. The zero-order valence-corrected chi connectivity index (χ0v) is 8.89. The van der Waals surface area contributed by atoms with Crippen LogP contribution in [-0.2, 0) is 4.79 Å². The van der Waals surface area contributed by atoms with Gasteiger partial charge in [0.15, 0.2) is 0 Å². The van der Waals surface area contributed by atoms with E-state index < -0.39 is 11.5 Å². The average Bonchev–Trinajstić information content (AvgIpc) is 2.12. The molecule has 0 bridgehead atoms. The molecule has 0 spiro atoms. The Balaban J connectivity index is 4.35. The number of hydrogen-bond donors (Lipinski definition) is 2. The first-order valence-electron chi connectivity index (χ1n) is 5.11. The lowest BCUT2D eigenvalue weighted by atomic mass is 9.90. The molecule has 0 aromatic heterocycles. The number of carbonyl (C=O) groups is 1. The molecule has 0 aromatic carbocycles. The summed E-state index contributed by atoms with van der Waals surface area (Å²) in [5.74, 6) is -0.717. The maximum absolute atomic E-state index is 11.1. The van der Waals surface area contributed by atoms with Gasteiger partial charge < -0.3 is 10.4 Å². The van der Waals surface area contributed by atoms with E-state index in [9.17, 15) is 4.79 Å². The van der Waals surface area contributed by atoms with Crippen molar-refractivity contribution in [1.29, 1.82) is 0 Å². The highest BCUT2D eigenvalue weighted by molar-refractivity contribution is 5.78. The monoisotopic (exact) mass is 187 g/mol. The molecule has 78 valence electrons. The third kappa shape index (κ3) is 3.35. The molecule has 0 rings (SSSR count). The van der Waals surface area contributed by atoms with Gasteiger partial charge in [0.25, 0.3) is 0 Å². The third-order valence-corrected chi connectivity index (χ3v) is 2.49. The standard InChI is InChI=1S/C10H21NO2/c1-4-7-8-10(5-2,9(12)13)11-6-3/h11H,4-8H2,1-3H3,(H,12,13). The maximum Gasteiger partial charge on any atom is 0.323 e. The molecule has 0 saturated carbocycles.